The van der Waals surface area contributed by atoms with Gasteiger partial charge in [0, 0.05) is 17.0 Å². The topological polar surface area (TPSA) is 68.3 Å². The van der Waals surface area contributed by atoms with E-state index in [1.54, 1.807) is 12.1 Å². The maximum atomic E-state index is 12.1. The first-order valence-electron chi connectivity index (χ1n) is 8.62. The van der Waals surface area contributed by atoms with Crippen LogP contribution in [0.15, 0.2) is 39.2 Å². The summed E-state index contributed by atoms with van der Waals surface area (Å²) in [4.78, 5) is 16.7. The van der Waals surface area contributed by atoms with E-state index in [1.165, 1.54) is 0 Å². The molecule has 0 saturated heterocycles. The quantitative estimate of drug-likeness (QED) is 0.668. The van der Waals surface area contributed by atoms with Crippen molar-refractivity contribution < 1.29 is 13.6 Å². The summed E-state index contributed by atoms with van der Waals surface area (Å²) in [6.45, 7) is 0. The molecular formula is C19H16Cl2N2O3. The molecular weight excluding hydrogens is 375 g/mol. The number of amides is 1. The number of nitrogens with zero attached hydrogens (tertiary/aromatic N) is 1. The monoisotopic (exact) mass is 390 g/mol. The van der Waals surface area contributed by atoms with Crippen molar-refractivity contribution >= 4 is 40.2 Å². The molecule has 1 aromatic carbocycles. The van der Waals surface area contributed by atoms with Crippen molar-refractivity contribution in [2.45, 2.75) is 37.6 Å². The second-order valence-electron chi connectivity index (χ2n) is 7.45. The number of carbonyl (C=O) groups is 1. The Labute approximate surface area is 159 Å². The molecule has 5 nitrogen and oxygen atoms in total. The van der Waals surface area contributed by atoms with Gasteiger partial charge in [-0.25, -0.2) is 4.98 Å². The SMILES string of the molecule is O=C(NC1CC2(C1)CC(c1nc3cc(Cl)ccc3o1)C2)c1ccc(Cl)o1. The van der Waals surface area contributed by atoms with Crippen LogP contribution in [0.2, 0.25) is 10.2 Å². The Bertz CT molecular complexity index is 995. The average molecular weight is 391 g/mol. The zero-order valence-electron chi connectivity index (χ0n) is 13.8. The highest BCUT2D eigenvalue weighted by Crippen LogP contribution is 2.61. The summed E-state index contributed by atoms with van der Waals surface area (Å²) in [6, 6.07) is 8.85. The molecule has 1 N–H and O–H groups in total. The third-order valence-corrected chi connectivity index (χ3v) is 6.00. The summed E-state index contributed by atoms with van der Waals surface area (Å²) in [6.07, 6.45) is 4.06. The van der Waals surface area contributed by atoms with Gasteiger partial charge in [0.2, 0.25) is 0 Å². The van der Waals surface area contributed by atoms with Gasteiger partial charge in [0.15, 0.2) is 22.5 Å². The number of rotatable bonds is 3. The molecule has 3 aromatic rings. The smallest absolute Gasteiger partial charge is 0.287 e. The number of hydrogen-bond donors (Lipinski definition) is 1. The van der Waals surface area contributed by atoms with Crippen molar-refractivity contribution in [3.63, 3.8) is 0 Å². The Morgan fingerprint density at radius 2 is 1.92 bits per heavy atom. The van der Waals surface area contributed by atoms with Crippen LogP contribution in [0.4, 0.5) is 0 Å². The molecule has 2 aliphatic rings. The van der Waals surface area contributed by atoms with Crippen molar-refractivity contribution in [2.24, 2.45) is 5.41 Å². The normalized spacial score (nSPS) is 27.3. The van der Waals surface area contributed by atoms with Gasteiger partial charge in [-0.15, -0.1) is 0 Å². The van der Waals surface area contributed by atoms with Crippen molar-refractivity contribution in [1.82, 2.24) is 10.3 Å². The van der Waals surface area contributed by atoms with Gasteiger partial charge in [-0.3, -0.25) is 4.79 Å². The van der Waals surface area contributed by atoms with E-state index in [1.807, 2.05) is 18.2 Å². The van der Waals surface area contributed by atoms with E-state index in [9.17, 15) is 4.79 Å². The average Bonchev–Trinajstić information content (AvgIpc) is 3.13. The molecule has 26 heavy (non-hydrogen) atoms. The Balaban J connectivity index is 1.18. The summed E-state index contributed by atoms with van der Waals surface area (Å²) in [5.41, 5.74) is 1.90. The molecule has 2 aromatic heterocycles. The Morgan fingerprint density at radius 1 is 1.12 bits per heavy atom. The van der Waals surface area contributed by atoms with Crippen LogP contribution < -0.4 is 5.32 Å². The molecule has 0 aliphatic heterocycles. The van der Waals surface area contributed by atoms with Gasteiger partial charge >= 0.3 is 0 Å². The molecule has 2 fully saturated rings. The van der Waals surface area contributed by atoms with E-state index in [0.29, 0.717) is 16.4 Å². The van der Waals surface area contributed by atoms with Gasteiger partial charge < -0.3 is 14.2 Å². The molecule has 2 saturated carbocycles. The molecule has 1 amide bonds. The molecule has 0 atom stereocenters. The zero-order valence-corrected chi connectivity index (χ0v) is 15.3. The first kappa shape index (κ1) is 16.2. The number of furan rings is 1. The Hall–Kier alpha value is -1.98. The highest BCUT2D eigenvalue weighted by Gasteiger charge is 2.54. The predicted molar refractivity (Wildman–Crippen MR) is 97.6 cm³/mol. The Kier molecular flexibility index (Phi) is 3.59. The second-order valence-corrected chi connectivity index (χ2v) is 8.26. The maximum Gasteiger partial charge on any atom is 0.287 e. The minimum absolute atomic E-state index is 0.190. The molecule has 2 heterocycles. The van der Waals surface area contributed by atoms with Gasteiger partial charge in [-0.05, 0) is 73.0 Å². The third kappa shape index (κ3) is 2.70. The van der Waals surface area contributed by atoms with Crippen LogP contribution in [0.25, 0.3) is 11.1 Å². The fourth-order valence-electron chi connectivity index (χ4n) is 4.37. The van der Waals surface area contributed by atoms with Crippen LogP contribution in [0, 0.1) is 5.41 Å². The number of halogens is 2. The number of oxazole rings is 1. The van der Waals surface area contributed by atoms with Crippen molar-refractivity contribution in [1.29, 1.82) is 0 Å². The van der Waals surface area contributed by atoms with Crippen LogP contribution >= 0.6 is 23.2 Å². The number of aromatic nitrogens is 1. The number of hydrogen-bond acceptors (Lipinski definition) is 4. The standard InChI is InChI=1S/C19H16Cl2N2O3/c20-11-1-2-14-13(5-11)23-18(26-14)10-6-19(7-10)8-12(9-19)22-17(24)15-3-4-16(21)25-15/h1-5,10,12H,6-9H2,(H,22,24). The van der Waals surface area contributed by atoms with E-state index < -0.39 is 0 Å². The molecule has 1 spiro atoms. The summed E-state index contributed by atoms with van der Waals surface area (Å²) in [5.74, 6) is 1.20. The van der Waals surface area contributed by atoms with Gasteiger partial charge in [-0.2, -0.15) is 0 Å². The van der Waals surface area contributed by atoms with Gasteiger partial charge in [0.1, 0.15) is 5.52 Å². The maximum absolute atomic E-state index is 12.1. The lowest BCUT2D eigenvalue weighted by molar-refractivity contribution is -0.0256. The van der Waals surface area contributed by atoms with Crippen LogP contribution in [0.1, 0.15) is 48.0 Å². The van der Waals surface area contributed by atoms with Crippen LogP contribution in [0.5, 0.6) is 0 Å². The number of benzene rings is 1. The van der Waals surface area contributed by atoms with E-state index >= 15 is 0 Å². The molecule has 0 bridgehead atoms. The van der Waals surface area contributed by atoms with E-state index in [0.717, 1.165) is 42.7 Å². The molecule has 134 valence electrons. The minimum Gasteiger partial charge on any atom is -0.440 e. The van der Waals surface area contributed by atoms with E-state index in [4.69, 9.17) is 32.0 Å². The largest absolute Gasteiger partial charge is 0.440 e. The van der Waals surface area contributed by atoms with E-state index in [2.05, 4.69) is 10.3 Å². The fourth-order valence-corrected chi connectivity index (χ4v) is 4.68. The number of fused-ring (bicyclic) bond motifs is 1. The van der Waals surface area contributed by atoms with Gasteiger partial charge in [0.25, 0.3) is 5.91 Å². The first-order valence-corrected chi connectivity index (χ1v) is 9.38. The summed E-state index contributed by atoms with van der Waals surface area (Å²) >= 11 is 11.7. The first-order chi connectivity index (χ1) is 12.5. The van der Waals surface area contributed by atoms with Crippen LogP contribution in [-0.4, -0.2) is 16.9 Å². The summed E-state index contributed by atoms with van der Waals surface area (Å²) in [5, 5.41) is 3.90. The van der Waals surface area contributed by atoms with E-state index in [-0.39, 0.29) is 22.9 Å². The lowest BCUT2D eigenvalue weighted by atomic mass is 9.50. The number of nitrogens with one attached hydrogen (secondary N) is 1. The third-order valence-electron chi connectivity index (χ3n) is 5.57. The molecule has 0 radical (unpaired) electrons. The summed E-state index contributed by atoms with van der Waals surface area (Å²) in [7, 11) is 0. The van der Waals surface area contributed by atoms with Crippen molar-refractivity contribution in [2.75, 3.05) is 0 Å². The molecule has 0 unspecified atom stereocenters. The second kappa shape index (κ2) is 5.76. The van der Waals surface area contributed by atoms with Crippen LogP contribution in [-0.2, 0) is 0 Å². The summed E-state index contributed by atoms with van der Waals surface area (Å²) < 4.78 is 11.0. The highest BCUT2D eigenvalue weighted by atomic mass is 35.5. The minimum atomic E-state index is -0.205. The predicted octanol–water partition coefficient (Wildman–Crippen LogP) is 5.18. The van der Waals surface area contributed by atoms with Crippen LogP contribution in [0.3, 0.4) is 0 Å². The van der Waals surface area contributed by atoms with Crippen molar-refractivity contribution in [3.05, 3.63) is 52.2 Å². The van der Waals surface area contributed by atoms with Gasteiger partial charge in [0.05, 0.1) is 0 Å². The lowest BCUT2D eigenvalue weighted by Gasteiger charge is -2.57. The molecule has 5 rings (SSSR count). The fraction of sp³-hybridized carbons (Fsp3) is 0.368. The highest BCUT2D eigenvalue weighted by molar-refractivity contribution is 6.31. The molecule has 7 heteroatoms. The van der Waals surface area contributed by atoms with Gasteiger partial charge in [-0.1, -0.05) is 11.6 Å². The number of carbonyl (C=O) groups excluding carboxylic acids is 1. The molecule has 2 aliphatic carbocycles. The zero-order chi connectivity index (χ0) is 17.9. The lowest BCUT2D eigenvalue weighted by Crippen LogP contribution is -2.55. The van der Waals surface area contributed by atoms with Crippen molar-refractivity contribution in [3.8, 4) is 0 Å². The Morgan fingerprint density at radius 3 is 2.65 bits per heavy atom.